The standard InChI is InChI=1S/C33H40FN.C4H9F/c1-4-8-23(2)30(19-13-24(3)34)32-12-7-11-28-22-29(35)18-20-31(28)33(32)27-16-14-26(15-17-27)21-25-9-5-6-10-25;1-2-3-4-5/h4,8,13-20,22,24-25H,5-7,9-12,21,35H2,1-3H3;2-4H2,1H3/b8-4+,19-13-,30-23+;. The van der Waals surface area contributed by atoms with Gasteiger partial charge in [-0.2, -0.15) is 0 Å². The van der Waals surface area contributed by atoms with Crippen LogP contribution in [0.3, 0.4) is 0 Å². The molecule has 1 fully saturated rings. The van der Waals surface area contributed by atoms with Crippen LogP contribution in [0.2, 0.25) is 0 Å². The predicted octanol–water partition coefficient (Wildman–Crippen LogP) is 10.7. The number of hydrogen-bond donors (Lipinski definition) is 1. The summed E-state index contributed by atoms with van der Waals surface area (Å²) in [5.74, 6) is 0.836. The third kappa shape index (κ3) is 9.04. The first-order valence-corrected chi connectivity index (χ1v) is 15.3. The van der Waals surface area contributed by atoms with Crippen LogP contribution in [0, 0.1) is 5.92 Å². The van der Waals surface area contributed by atoms with Gasteiger partial charge in [0.05, 0.1) is 6.67 Å². The van der Waals surface area contributed by atoms with E-state index in [0.29, 0.717) is 0 Å². The number of fused-ring (bicyclic) bond motifs is 1. The lowest BCUT2D eigenvalue weighted by Crippen LogP contribution is -2.02. The minimum atomic E-state index is -0.986. The zero-order chi connectivity index (χ0) is 28.9. The quantitative estimate of drug-likeness (QED) is 0.246. The van der Waals surface area contributed by atoms with Crippen molar-refractivity contribution in [2.24, 2.45) is 5.92 Å². The van der Waals surface area contributed by atoms with Crippen LogP contribution in [-0.2, 0) is 12.8 Å². The molecule has 0 amide bonds. The van der Waals surface area contributed by atoms with E-state index in [4.69, 9.17) is 5.73 Å². The SMILES string of the molecule is C/C=C/C(C)=C(\C=C/C(C)F)C1=C(c2ccc(CC3CCCC3)cc2)c2ccc(N)cc2CCC1.CCCCF. The molecule has 0 heterocycles. The van der Waals surface area contributed by atoms with Gasteiger partial charge >= 0.3 is 0 Å². The van der Waals surface area contributed by atoms with Crippen LogP contribution in [0.4, 0.5) is 14.5 Å². The molecule has 1 saturated carbocycles. The molecule has 2 aromatic rings. The van der Waals surface area contributed by atoms with E-state index in [0.717, 1.165) is 54.9 Å². The van der Waals surface area contributed by atoms with Crippen molar-refractivity contribution in [3.05, 3.63) is 106 Å². The van der Waals surface area contributed by atoms with Crippen molar-refractivity contribution in [1.29, 1.82) is 0 Å². The van der Waals surface area contributed by atoms with Crippen molar-refractivity contribution < 1.29 is 8.78 Å². The van der Waals surface area contributed by atoms with Gasteiger partial charge in [0.2, 0.25) is 0 Å². The van der Waals surface area contributed by atoms with Gasteiger partial charge in [0.25, 0.3) is 0 Å². The van der Waals surface area contributed by atoms with Crippen molar-refractivity contribution in [2.45, 2.75) is 98.1 Å². The van der Waals surface area contributed by atoms with Crippen molar-refractivity contribution in [3.8, 4) is 0 Å². The average Bonchev–Trinajstić information content (AvgIpc) is 3.37. The summed E-state index contributed by atoms with van der Waals surface area (Å²) in [6, 6.07) is 15.6. The molecular formula is C37H49F2N. The van der Waals surface area contributed by atoms with Crippen LogP contribution in [0.5, 0.6) is 0 Å². The van der Waals surface area contributed by atoms with Gasteiger partial charge in [0, 0.05) is 5.69 Å². The maximum absolute atomic E-state index is 13.9. The molecule has 1 atom stereocenters. The molecule has 2 aromatic carbocycles. The highest BCUT2D eigenvalue weighted by Crippen LogP contribution is 2.40. The van der Waals surface area contributed by atoms with Gasteiger partial charge in [-0.1, -0.05) is 93.7 Å². The lowest BCUT2D eigenvalue weighted by Gasteiger charge is -2.19. The normalized spacial score (nSPS) is 17.4. The van der Waals surface area contributed by atoms with Crippen LogP contribution in [0.15, 0.2) is 83.5 Å². The third-order valence-electron chi connectivity index (χ3n) is 8.00. The Balaban J connectivity index is 0.000000810. The van der Waals surface area contributed by atoms with E-state index >= 15 is 0 Å². The highest BCUT2D eigenvalue weighted by Gasteiger charge is 2.22. The number of aryl methyl sites for hydroxylation is 1. The summed E-state index contributed by atoms with van der Waals surface area (Å²) in [6.45, 7) is 7.57. The number of nitrogen functional groups attached to an aromatic ring is 1. The molecule has 2 aliphatic rings. The molecule has 216 valence electrons. The van der Waals surface area contributed by atoms with E-state index in [1.54, 1.807) is 13.0 Å². The van der Waals surface area contributed by atoms with E-state index in [2.05, 4.69) is 55.5 Å². The second-order valence-corrected chi connectivity index (χ2v) is 11.4. The zero-order valence-corrected chi connectivity index (χ0v) is 25.1. The van der Waals surface area contributed by atoms with Gasteiger partial charge < -0.3 is 5.73 Å². The van der Waals surface area contributed by atoms with Gasteiger partial charge in [-0.05, 0) is 115 Å². The summed E-state index contributed by atoms with van der Waals surface area (Å²) in [5, 5.41) is 0. The number of benzene rings is 2. The average molecular weight is 546 g/mol. The van der Waals surface area contributed by atoms with Crippen molar-refractivity contribution in [3.63, 3.8) is 0 Å². The second-order valence-electron chi connectivity index (χ2n) is 11.4. The number of anilines is 1. The summed E-state index contributed by atoms with van der Waals surface area (Å²) in [5.41, 5.74) is 17.1. The minimum absolute atomic E-state index is 0.156. The first-order chi connectivity index (χ1) is 19.4. The number of allylic oxidation sites excluding steroid dienone is 7. The molecule has 3 heteroatoms. The molecule has 0 saturated heterocycles. The molecule has 40 heavy (non-hydrogen) atoms. The summed E-state index contributed by atoms with van der Waals surface area (Å²) in [7, 11) is 0. The molecule has 0 radical (unpaired) electrons. The van der Waals surface area contributed by atoms with E-state index in [1.807, 2.05) is 26.0 Å². The lowest BCUT2D eigenvalue weighted by molar-refractivity contribution is 0.430. The largest absolute Gasteiger partial charge is 0.399 e. The molecule has 0 aromatic heterocycles. The zero-order valence-electron chi connectivity index (χ0n) is 25.1. The Labute approximate surface area is 242 Å². The topological polar surface area (TPSA) is 26.0 Å². The third-order valence-corrected chi connectivity index (χ3v) is 8.00. The second kappa shape index (κ2) is 16.4. The molecule has 1 nitrogen and oxygen atoms in total. The highest BCUT2D eigenvalue weighted by molar-refractivity contribution is 5.88. The molecule has 0 bridgehead atoms. The van der Waals surface area contributed by atoms with Crippen molar-refractivity contribution >= 4 is 11.3 Å². The van der Waals surface area contributed by atoms with E-state index in [-0.39, 0.29) is 6.67 Å². The van der Waals surface area contributed by atoms with Crippen LogP contribution in [-0.4, -0.2) is 12.8 Å². The molecule has 0 spiro atoms. The Kier molecular flexibility index (Phi) is 12.9. The molecule has 1 unspecified atom stereocenters. The maximum atomic E-state index is 13.9. The van der Waals surface area contributed by atoms with Crippen LogP contribution in [0.25, 0.3) is 5.57 Å². The maximum Gasteiger partial charge on any atom is 0.116 e. The Morgan fingerprint density at radius 3 is 2.35 bits per heavy atom. The Morgan fingerprint density at radius 1 is 1.02 bits per heavy atom. The number of hydrogen-bond acceptors (Lipinski definition) is 1. The first-order valence-electron chi connectivity index (χ1n) is 15.3. The van der Waals surface area contributed by atoms with Gasteiger partial charge in [0.1, 0.15) is 6.17 Å². The number of alkyl halides is 2. The number of nitrogens with two attached hydrogens (primary N) is 1. The fraction of sp³-hybridized carbons (Fsp3) is 0.459. The van der Waals surface area contributed by atoms with E-state index in [9.17, 15) is 8.78 Å². The van der Waals surface area contributed by atoms with Crippen molar-refractivity contribution in [2.75, 3.05) is 12.4 Å². The number of unbranched alkanes of at least 4 members (excludes halogenated alkanes) is 1. The Morgan fingerprint density at radius 2 is 1.75 bits per heavy atom. The fourth-order valence-electron chi connectivity index (χ4n) is 5.93. The Bertz CT molecular complexity index is 1190. The monoisotopic (exact) mass is 545 g/mol. The molecule has 0 aliphatic heterocycles. The molecule has 2 aliphatic carbocycles. The Hall–Kier alpha value is -2.94. The predicted molar refractivity (Wildman–Crippen MR) is 170 cm³/mol. The van der Waals surface area contributed by atoms with Crippen LogP contribution >= 0.6 is 0 Å². The summed E-state index contributed by atoms with van der Waals surface area (Å²) in [6.07, 6.45) is 18.2. The number of rotatable bonds is 9. The summed E-state index contributed by atoms with van der Waals surface area (Å²) in [4.78, 5) is 0. The van der Waals surface area contributed by atoms with Gasteiger partial charge in [-0.25, -0.2) is 4.39 Å². The molecule has 2 N–H and O–H groups in total. The first kappa shape index (κ1) is 31.6. The van der Waals surface area contributed by atoms with Crippen molar-refractivity contribution in [1.82, 2.24) is 0 Å². The van der Waals surface area contributed by atoms with Gasteiger partial charge in [-0.15, -0.1) is 0 Å². The number of halogens is 2. The van der Waals surface area contributed by atoms with E-state index < -0.39 is 6.17 Å². The van der Waals surface area contributed by atoms with Gasteiger partial charge in [-0.3, -0.25) is 4.39 Å². The minimum Gasteiger partial charge on any atom is -0.399 e. The smallest absolute Gasteiger partial charge is 0.116 e. The lowest BCUT2D eigenvalue weighted by atomic mass is 9.85. The van der Waals surface area contributed by atoms with E-state index in [1.165, 1.54) is 65.5 Å². The highest BCUT2D eigenvalue weighted by atomic mass is 19.1. The van der Waals surface area contributed by atoms with Gasteiger partial charge in [0.15, 0.2) is 0 Å². The molecule has 4 rings (SSSR count). The fourth-order valence-corrected chi connectivity index (χ4v) is 5.93. The van der Waals surface area contributed by atoms with Crippen LogP contribution in [0.1, 0.15) is 101 Å². The van der Waals surface area contributed by atoms with Crippen LogP contribution < -0.4 is 5.73 Å². The summed E-state index contributed by atoms with van der Waals surface area (Å²) < 4.78 is 24.9. The summed E-state index contributed by atoms with van der Waals surface area (Å²) >= 11 is 0. The molecular weight excluding hydrogens is 496 g/mol.